The smallest absolute Gasteiger partial charge is 0.190 e. The maximum atomic E-state index is 13.4. The zero-order valence-electron chi connectivity index (χ0n) is 10.0. The van der Waals surface area contributed by atoms with Crippen molar-refractivity contribution in [2.45, 2.75) is 26.7 Å². The fourth-order valence-corrected chi connectivity index (χ4v) is 1.59. The third kappa shape index (κ3) is 3.80. The van der Waals surface area contributed by atoms with Gasteiger partial charge in [0.2, 0.25) is 0 Å². The number of aldehydes is 1. The molecule has 0 saturated heterocycles. The van der Waals surface area contributed by atoms with E-state index in [1.165, 1.54) is 0 Å². The van der Waals surface area contributed by atoms with Crippen LogP contribution in [0.25, 0.3) is 0 Å². The second-order valence-electron chi connectivity index (χ2n) is 4.14. The van der Waals surface area contributed by atoms with Crippen molar-refractivity contribution >= 4 is 6.29 Å². The van der Waals surface area contributed by atoms with E-state index in [9.17, 15) is 13.6 Å². The number of benzene rings is 1. The Morgan fingerprint density at radius 3 is 2.41 bits per heavy atom. The third-order valence-electron chi connectivity index (χ3n) is 2.45. The molecule has 0 bridgehead atoms. The SMILES string of the molecule is CCCC(C)COc1c(F)cc(C=O)cc1F. The first-order valence-electron chi connectivity index (χ1n) is 5.65. The van der Waals surface area contributed by atoms with E-state index in [0.717, 1.165) is 25.0 Å². The summed E-state index contributed by atoms with van der Waals surface area (Å²) in [6, 6.07) is 1.94. The average molecular weight is 242 g/mol. The summed E-state index contributed by atoms with van der Waals surface area (Å²) in [6.07, 6.45) is 2.34. The predicted octanol–water partition coefficient (Wildman–Crippen LogP) is 3.59. The van der Waals surface area contributed by atoms with Gasteiger partial charge in [-0.15, -0.1) is 0 Å². The van der Waals surface area contributed by atoms with Crippen LogP contribution in [0, 0.1) is 17.6 Å². The highest BCUT2D eigenvalue weighted by molar-refractivity contribution is 5.75. The first kappa shape index (κ1) is 13.6. The van der Waals surface area contributed by atoms with Gasteiger partial charge in [-0.1, -0.05) is 20.3 Å². The average Bonchev–Trinajstić information content (AvgIpc) is 2.28. The highest BCUT2D eigenvalue weighted by Gasteiger charge is 2.13. The molecule has 0 heterocycles. The summed E-state index contributed by atoms with van der Waals surface area (Å²) in [7, 11) is 0. The van der Waals surface area contributed by atoms with Crippen molar-refractivity contribution in [3.05, 3.63) is 29.3 Å². The molecule has 1 atom stereocenters. The van der Waals surface area contributed by atoms with Crippen molar-refractivity contribution in [3.8, 4) is 5.75 Å². The molecule has 1 aromatic rings. The summed E-state index contributed by atoms with van der Waals surface area (Å²) < 4.78 is 31.9. The topological polar surface area (TPSA) is 26.3 Å². The van der Waals surface area contributed by atoms with Crippen LogP contribution < -0.4 is 4.74 Å². The molecule has 17 heavy (non-hydrogen) atoms. The van der Waals surface area contributed by atoms with Crippen LogP contribution in [0.2, 0.25) is 0 Å². The monoisotopic (exact) mass is 242 g/mol. The van der Waals surface area contributed by atoms with Gasteiger partial charge in [-0.25, -0.2) is 8.78 Å². The Morgan fingerprint density at radius 2 is 1.94 bits per heavy atom. The number of rotatable bonds is 6. The van der Waals surface area contributed by atoms with Crippen LogP contribution in [0.3, 0.4) is 0 Å². The van der Waals surface area contributed by atoms with Gasteiger partial charge in [0.25, 0.3) is 0 Å². The van der Waals surface area contributed by atoms with E-state index in [0.29, 0.717) is 6.29 Å². The summed E-state index contributed by atoms with van der Waals surface area (Å²) in [6.45, 7) is 4.26. The van der Waals surface area contributed by atoms with Gasteiger partial charge >= 0.3 is 0 Å². The zero-order valence-corrected chi connectivity index (χ0v) is 10.0. The number of halogens is 2. The zero-order chi connectivity index (χ0) is 12.8. The minimum atomic E-state index is -0.837. The summed E-state index contributed by atoms with van der Waals surface area (Å²) in [5.74, 6) is -1.84. The summed E-state index contributed by atoms with van der Waals surface area (Å²) in [4.78, 5) is 10.4. The van der Waals surface area contributed by atoms with E-state index in [1.54, 1.807) is 0 Å². The maximum Gasteiger partial charge on any atom is 0.190 e. The lowest BCUT2D eigenvalue weighted by Gasteiger charge is -2.13. The van der Waals surface area contributed by atoms with Crippen LogP contribution in [0.15, 0.2) is 12.1 Å². The second kappa shape index (κ2) is 6.33. The quantitative estimate of drug-likeness (QED) is 0.712. The Balaban J connectivity index is 2.74. The van der Waals surface area contributed by atoms with E-state index >= 15 is 0 Å². The largest absolute Gasteiger partial charge is 0.487 e. The van der Waals surface area contributed by atoms with Crippen LogP contribution in [-0.4, -0.2) is 12.9 Å². The Kier molecular flexibility index (Phi) is 5.07. The number of ether oxygens (including phenoxy) is 1. The number of hydrogen-bond donors (Lipinski definition) is 0. The molecule has 0 aliphatic rings. The Hall–Kier alpha value is -1.45. The molecule has 1 rings (SSSR count). The molecule has 4 heteroatoms. The molecule has 0 aliphatic heterocycles. The van der Waals surface area contributed by atoms with Gasteiger partial charge in [0.05, 0.1) is 6.61 Å². The van der Waals surface area contributed by atoms with Gasteiger partial charge in [0.15, 0.2) is 17.4 Å². The first-order chi connectivity index (χ1) is 8.08. The van der Waals surface area contributed by atoms with Gasteiger partial charge in [-0.05, 0) is 24.5 Å². The molecule has 0 spiro atoms. The van der Waals surface area contributed by atoms with Crippen LogP contribution in [0.5, 0.6) is 5.75 Å². The van der Waals surface area contributed by atoms with Crippen molar-refractivity contribution in [2.24, 2.45) is 5.92 Å². The van der Waals surface area contributed by atoms with Crippen LogP contribution in [-0.2, 0) is 0 Å². The predicted molar refractivity (Wildman–Crippen MR) is 61.3 cm³/mol. The van der Waals surface area contributed by atoms with Crippen molar-refractivity contribution < 1.29 is 18.3 Å². The van der Waals surface area contributed by atoms with Crippen LogP contribution in [0.4, 0.5) is 8.78 Å². The molecule has 2 nitrogen and oxygen atoms in total. The van der Waals surface area contributed by atoms with E-state index in [1.807, 2.05) is 13.8 Å². The number of hydrogen-bond acceptors (Lipinski definition) is 2. The summed E-state index contributed by atoms with van der Waals surface area (Å²) in [5.41, 5.74) is -0.0334. The van der Waals surface area contributed by atoms with Crippen molar-refractivity contribution in [1.29, 1.82) is 0 Å². The molecular weight excluding hydrogens is 226 g/mol. The number of carbonyl (C=O) groups is 1. The molecule has 0 aliphatic carbocycles. The molecule has 0 aromatic heterocycles. The second-order valence-corrected chi connectivity index (χ2v) is 4.14. The van der Waals surface area contributed by atoms with E-state index < -0.39 is 17.4 Å². The standard InChI is InChI=1S/C13H16F2O2/c1-3-4-9(2)8-17-13-11(14)5-10(7-16)6-12(13)15/h5-7,9H,3-4,8H2,1-2H3. The molecule has 94 valence electrons. The molecule has 0 fully saturated rings. The minimum Gasteiger partial charge on any atom is -0.487 e. The summed E-state index contributed by atoms with van der Waals surface area (Å²) >= 11 is 0. The van der Waals surface area contributed by atoms with E-state index in [4.69, 9.17) is 4.74 Å². The molecule has 1 aromatic carbocycles. The Bertz CT molecular complexity index is 368. The molecule has 0 radical (unpaired) electrons. The molecule has 0 saturated carbocycles. The van der Waals surface area contributed by atoms with E-state index in [-0.39, 0.29) is 18.1 Å². The van der Waals surface area contributed by atoms with Crippen LogP contribution in [0.1, 0.15) is 37.0 Å². The first-order valence-corrected chi connectivity index (χ1v) is 5.65. The fourth-order valence-electron chi connectivity index (χ4n) is 1.59. The number of carbonyl (C=O) groups excluding carboxylic acids is 1. The van der Waals surface area contributed by atoms with Gasteiger partial charge < -0.3 is 4.74 Å². The van der Waals surface area contributed by atoms with Gasteiger partial charge in [0.1, 0.15) is 6.29 Å². The Morgan fingerprint density at radius 1 is 1.35 bits per heavy atom. The van der Waals surface area contributed by atoms with E-state index in [2.05, 4.69) is 0 Å². The highest BCUT2D eigenvalue weighted by Crippen LogP contribution is 2.23. The molecule has 0 amide bonds. The van der Waals surface area contributed by atoms with Gasteiger partial charge in [-0.2, -0.15) is 0 Å². The molecule has 1 unspecified atom stereocenters. The lowest BCUT2D eigenvalue weighted by atomic mass is 10.1. The molecular formula is C13H16F2O2. The summed E-state index contributed by atoms with van der Waals surface area (Å²) in [5, 5.41) is 0. The normalized spacial score (nSPS) is 12.2. The minimum absolute atomic E-state index is 0.0334. The fraction of sp³-hybridized carbons (Fsp3) is 0.462. The van der Waals surface area contributed by atoms with Gasteiger partial charge in [0, 0.05) is 5.56 Å². The highest BCUT2D eigenvalue weighted by atomic mass is 19.1. The van der Waals surface area contributed by atoms with Crippen molar-refractivity contribution in [2.75, 3.05) is 6.61 Å². The van der Waals surface area contributed by atoms with Gasteiger partial charge in [-0.3, -0.25) is 4.79 Å². The molecule has 0 N–H and O–H groups in total. The maximum absolute atomic E-state index is 13.4. The van der Waals surface area contributed by atoms with Crippen LogP contribution >= 0.6 is 0 Å². The van der Waals surface area contributed by atoms with Crippen molar-refractivity contribution in [1.82, 2.24) is 0 Å². The van der Waals surface area contributed by atoms with Crippen molar-refractivity contribution in [3.63, 3.8) is 0 Å². The third-order valence-corrected chi connectivity index (χ3v) is 2.45. The lowest BCUT2D eigenvalue weighted by Crippen LogP contribution is -2.10. The Labute approximate surface area is 99.6 Å². The lowest BCUT2D eigenvalue weighted by molar-refractivity contribution is 0.112.